The number of carboxylic acid groups (broad SMARTS) is 1. The van der Waals surface area contributed by atoms with Gasteiger partial charge in [0, 0.05) is 26.7 Å². The predicted octanol–water partition coefficient (Wildman–Crippen LogP) is 0.0325. The van der Waals surface area contributed by atoms with Crippen LogP contribution in [-0.4, -0.2) is 65.6 Å². The summed E-state index contributed by atoms with van der Waals surface area (Å²) in [5.74, 6) is -1.10. The Morgan fingerprint density at radius 1 is 1.53 bits per heavy atom. The van der Waals surface area contributed by atoms with E-state index in [2.05, 4.69) is 5.32 Å². The zero-order valence-electron chi connectivity index (χ0n) is 11.4. The number of aliphatic carboxylic acids is 1. The summed E-state index contributed by atoms with van der Waals surface area (Å²) in [5.41, 5.74) is -1.45. The molecule has 110 valence electrons. The van der Waals surface area contributed by atoms with E-state index >= 15 is 0 Å². The van der Waals surface area contributed by atoms with Gasteiger partial charge in [-0.25, -0.2) is 4.79 Å². The van der Waals surface area contributed by atoms with Gasteiger partial charge in [0.15, 0.2) is 0 Å². The summed E-state index contributed by atoms with van der Waals surface area (Å²) in [4.78, 5) is 23.8. The van der Waals surface area contributed by atoms with E-state index in [0.717, 1.165) is 19.4 Å². The molecule has 0 aromatic rings. The molecule has 1 fully saturated rings. The van der Waals surface area contributed by atoms with Crippen molar-refractivity contribution in [2.45, 2.75) is 37.9 Å². The van der Waals surface area contributed by atoms with E-state index in [1.165, 1.54) is 11.8 Å². The first kappa shape index (κ1) is 15.7. The van der Waals surface area contributed by atoms with E-state index < -0.39 is 18.0 Å². The second-order valence-corrected chi connectivity index (χ2v) is 5.24. The Morgan fingerprint density at radius 3 is 2.74 bits per heavy atom. The van der Waals surface area contributed by atoms with E-state index in [0.29, 0.717) is 6.54 Å². The number of hydrogen-bond donors (Lipinski definition) is 3. The highest BCUT2D eigenvalue weighted by Gasteiger charge is 2.26. The number of aliphatic hydroxyl groups is 1. The van der Waals surface area contributed by atoms with Crippen LogP contribution < -0.4 is 5.32 Å². The Bertz CT molecular complexity index is 326. The lowest BCUT2D eigenvalue weighted by atomic mass is 10.0. The summed E-state index contributed by atoms with van der Waals surface area (Å²) in [5, 5.41) is 20.9. The third-order valence-electron chi connectivity index (χ3n) is 3.00. The monoisotopic (exact) mass is 274 g/mol. The third kappa shape index (κ3) is 5.89. The second kappa shape index (κ2) is 6.72. The van der Waals surface area contributed by atoms with Gasteiger partial charge in [0.2, 0.25) is 0 Å². The number of urea groups is 1. The fourth-order valence-electron chi connectivity index (χ4n) is 1.97. The molecule has 2 unspecified atom stereocenters. The fourth-order valence-corrected chi connectivity index (χ4v) is 1.97. The van der Waals surface area contributed by atoms with Crippen molar-refractivity contribution in [3.05, 3.63) is 0 Å². The lowest BCUT2D eigenvalue weighted by Crippen LogP contribution is -2.47. The molecule has 7 nitrogen and oxygen atoms in total. The van der Waals surface area contributed by atoms with Gasteiger partial charge >= 0.3 is 12.0 Å². The van der Waals surface area contributed by atoms with Crippen LogP contribution in [0, 0.1) is 0 Å². The molecule has 19 heavy (non-hydrogen) atoms. The number of hydrogen-bond acceptors (Lipinski definition) is 4. The van der Waals surface area contributed by atoms with E-state index in [1.54, 1.807) is 7.05 Å². The van der Waals surface area contributed by atoms with Gasteiger partial charge < -0.3 is 25.2 Å². The molecule has 1 aliphatic heterocycles. The minimum Gasteiger partial charge on any atom is -0.481 e. The van der Waals surface area contributed by atoms with Crippen molar-refractivity contribution >= 4 is 12.0 Å². The zero-order chi connectivity index (χ0) is 14.5. The average molecular weight is 274 g/mol. The minimum absolute atomic E-state index is 0.0651. The number of likely N-dealkylation sites (N-methyl/N-ethyl adjacent to an activating group) is 1. The highest BCUT2D eigenvalue weighted by atomic mass is 16.5. The van der Waals surface area contributed by atoms with Crippen molar-refractivity contribution in [1.82, 2.24) is 10.2 Å². The number of carbonyl (C=O) groups is 2. The number of nitrogens with zero attached hydrogens (tertiary/aromatic N) is 1. The summed E-state index contributed by atoms with van der Waals surface area (Å²) in [6.07, 6.45) is 1.60. The lowest BCUT2D eigenvalue weighted by molar-refractivity contribution is -0.141. The maximum Gasteiger partial charge on any atom is 0.317 e. The van der Waals surface area contributed by atoms with Gasteiger partial charge in [-0.15, -0.1) is 0 Å². The van der Waals surface area contributed by atoms with Crippen molar-refractivity contribution in [2.75, 3.05) is 26.7 Å². The fraction of sp³-hybridized carbons (Fsp3) is 0.833. The van der Waals surface area contributed by atoms with E-state index in [-0.39, 0.29) is 18.7 Å². The molecule has 0 aliphatic carbocycles. The molecule has 3 N–H and O–H groups in total. The van der Waals surface area contributed by atoms with Crippen molar-refractivity contribution in [1.29, 1.82) is 0 Å². The first-order chi connectivity index (χ1) is 8.80. The number of ether oxygens (including phenoxy) is 1. The van der Waals surface area contributed by atoms with Crippen LogP contribution in [0.4, 0.5) is 4.79 Å². The van der Waals surface area contributed by atoms with Gasteiger partial charge in [-0.3, -0.25) is 4.79 Å². The van der Waals surface area contributed by atoms with E-state index in [4.69, 9.17) is 9.84 Å². The van der Waals surface area contributed by atoms with Crippen LogP contribution in [0.1, 0.15) is 26.2 Å². The number of carboxylic acids is 1. The van der Waals surface area contributed by atoms with E-state index in [1.807, 2.05) is 0 Å². The molecule has 0 radical (unpaired) electrons. The highest BCUT2D eigenvalue weighted by Crippen LogP contribution is 2.13. The van der Waals surface area contributed by atoms with Crippen molar-refractivity contribution in [3.8, 4) is 0 Å². The first-order valence-electron chi connectivity index (χ1n) is 6.35. The van der Waals surface area contributed by atoms with Gasteiger partial charge in [0.05, 0.1) is 18.1 Å². The molecule has 2 amide bonds. The minimum atomic E-state index is -1.45. The Hall–Kier alpha value is -1.34. The summed E-state index contributed by atoms with van der Waals surface area (Å²) in [6, 6.07) is -0.346. The molecular formula is C12H22N2O5. The normalized spacial score (nSPS) is 21.7. The van der Waals surface area contributed by atoms with Crippen molar-refractivity contribution in [2.24, 2.45) is 0 Å². The number of nitrogens with one attached hydrogen (secondary N) is 1. The second-order valence-electron chi connectivity index (χ2n) is 5.24. The summed E-state index contributed by atoms with van der Waals surface area (Å²) in [6.45, 7) is 2.50. The topological polar surface area (TPSA) is 99.1 Å². The molecule has 0 aromatic carbocycles. The van der Waals surface area contributed by atoms with Crippen LogP contribution in [0.25, 0.3) is 0 Å². The van der Waals surface area contributed by atoms with Crippen LogP contribution in [0.15, 0.2) is 0 Å². The summed E-state index contributed by atoms with van der Waals surface area (Å²) >= 11 is 0. The van der Waals surface area contributed by atoms with Gasteiger partial charge in [0.1, 0.15) is 0 Å². The largest absolute Gasteiger partial charge is 0.481 e. The molecule has 1 heterocycles. The lowest BCUT2D eigenvalue weighted by Gasteiger charge is -2.25. The van der Waals surface area contributed by atoms with Crippen molar-refractivity contribution in [3.63, 3.8) is 0 Å². The molecule has 0 saturated carbocycles. The number of carbonyl (C=O) groups excluding carboxylic acids is 1. The zero-order valence-corrected chi connectivity index (χ0v) is 11.4. The van der Waals surface area contributed by atoms with Crippen LogP contribution in [0.5, 0.6) is 0 Å². The number of amides is 2. The molecule has 1 aliphatic rings. The predicted molar refractivity (Wildman–Crippen MR) is 67.9 cm³/mol. The van der Waals surface area contributed by atoms with Gasteiger partial charge in [-0.05, 0) is 19.8 Å². The average Bonchev–Trinajstić information content (AvgIpc) is 2.76. The quantitative estimate of drug-likeness (QED) is 0.635. The molecule has 0 bridgehead atoms. The molecule has 7 heteroatoms. The molecule has 2 atom stereocenters. The first-order valence-corrected chi connectivity index (χ1v) is 6.35. The van der Waals surface area contributed by atoms with Crippen LogP contribution in [-0.2, 0) is 9.53 Å². The maximum atomic E-state index is 11.8. The molecular weight excluding hydrogens is 252 g/mol. The molecule has 1 rings (SSSR count). The van der Waals surface area contributed by atoms with Crippen LogP contribution in [0.2, 0.25) is 0 Å². The molecule has 1 saturated heterocycles. The van der Waals surface area contributed by atoms with Crippen LogP contribution >= 0.6 is 0 Å². The SMILES string of the molecule is CN(CC1CCCO1)C(=O)NCC(C)(O)CC(=O)O. The Labute approximate surface area is 112 Å². The van der Waals surface area contributed by atoms with Gasteiger partial charge in [0.25, 0.3) is 0 Å². The standard InChI is InChI=1S/C12H22N2O5/c1-12(18,6-10(15)16)8-13-11(17)14(2)7-9-4-3-5-19-9/h9,18H,3-8H2,1-2H3,(H,13,17)(H,15,16). The molecule has 0 aromatic heterocycles. The maximum absolute atomic E-state index is 11.8. The Morgan fingerprint density at radius 2 is 2.21 bits per heavy atom. The third-order valence-corrected chi connectivity index (χ3v) is 3.00. The molecule has 0 spiro atoms. The smallest absolute Gasteiger partial charge is 0.317 e. The summed E-state index contributed by atoms with van der Waals surface area (Å²) < 4.78 is 5.42. The summed E-state index contributed by atoms with van der Waals surface area (Å²) in [7, 11) is 1.64. The van der Waals surface area contributed by atoms with Gasteiger partial charge in [-0.1, -0.05) is 0 Å². The number of rotatable bonds is 6. The highest BCUT2D eigenvalue weighted by molar-refractivity contribution is 5.74. The van der Waals surface area contributed by atoms with Crippen molar-refractivity contribution < 1.29 is 24.5 Å². The van der Waals surface area contributed by atoms with E-state index in [9.17, 15) is 14.7 Å². The van der Waals surface area contributed by atoms with Crippen LogP contribution in [0.3, 0.4) is 0 Å². The van der Waals surface area contributed by atoms with Gasteiger partial charge in [-0.2, -0.15) is 0 Å². The Balaban J connectivity index is 2.31. The Kier molecular flexibility index (Phi) is 5.56.